The molecule has 2 amide bonds. The number of anilines is 2. The Balaban J connectivity index is 2.09. The highest BCUT2D eigenvalue weighted by Crippen LogP contribution is 2.19. The summed E-state index contributed by atoms with van der Waals surface area (Å²) in [4.78, 5) is 23.3. The fraction of sp³-hybridized carbons (Fsp3) is 0.312. The molecule has 9 nitrogen and oxygen atoms in total. The van der Waals surface area contributed by atoms with Gasteiger partial charge < -0.3 is 15.2 Å². The standard InChI is InChI=1S/C16H20N4O5S/c1-9-15(11(3)25-19-9)26(23,24)20-10(2)16(22)18-14-7-5-6-13(8-14)17-12(4)21/h5-8,10,20H,1-4H3,(H,17,21)(H,18,22)/t10-/m0/s1. The number of amides is 2. The van der Waals surface area contributed by atoms with Gasteiger partial charge in [-0.05, 0) is 39.0 Å². The van der Waals surface area contributed by atoms with Gasteiger partial charge in [-0.25, -0.2) is 8.42 Å². The van der Waals surface area contributed by atoms with E-state index in [-0.39, 0.29) is 22.3 Å². The second-order valence-corrected chi connectivity index (χ2v) is 7.40. The summed E-state index contributed by atoms with van der Waals surface area (Å²) >= 11 is 0. The summed E-state index contributed by atoms with van der Waals surface area (Å²) in [7, 11) is -3.96. The third kappa shape index (κ3) is 4.67. The van der Waals surface area contributed by atoms with Crippen molar-refractivity contribution >= 4 is 33.2 Å². The van der Waals surface area contributed by atoms with Gasteiger partial charge in [-0.1, -0.05) is 11.2 Å². The highest BCUT2D eigenvalue weighted by atomic mass is 32.2. The third-order valence-electron chi connectivity index (χ3n) is 3.41. The third-order valence-corrected chi connectivity index (χ3v) is 5.20. The second kappa shape index (κ2) is 7.67. The largest absolute Gasteiger partial charge is 0.360 e. The Bertz CT molecular complexity index is 916. The molecule has 0 radical (unpaired) electrons. The Hall–Kier alpha value is -2.72. The van der Waals surface area contributed by atoms with E-state index in [2.05, 4.69) is 20.5 Å². The van der Waals surface area contributed by atoms with Crippen LogP contribution < -0.4 is 15.4 Å². The van der Waals surface area contributed by atoms with Gasteiger partial charge in [0, 0.05) is 18.3 Å². The van der Waals surface area contributed by atoms with E-state index in [1.165, 1.54) is 27.7 Å². The Morgan fingerprint density at radius 2 is 1.77 bits per heavy atom. The fourth-order valence-electron chi connectivity index (χ4n) is 2.33. The fourth-order valence-corrected chi connectivity index (χ4v) is 3.86. The van der Waals surface area contributed by atoms with Gasteiger partial charge in [0.05, 0.1) is 6.04 Å². The maximum absolute atomic E-state index is 12.4. The molecule has 10 heteroatoms. The lowest BCUT2D eigenvalue weighted by Crippen LogP contribution is -2.41. The van der Waals surface area contributed by atoms with Gasteiger partial charge >= 0.3 is 0 Å². The zero-order valence-electron chi connectivity index (χ0n) is 14.8. The van der Waals surface area contributed by atoms with Crippen LogP contribution in [0.3, 0.4) is 0 Å². The first-order valence-electron chi connectivity index (χ1n) is 7.74. The molecule has 0 unspecified atom stereocenters. The predicted octanol–water partition coefficient (Wildman–Crippen LogP) is 1.56. The van der Waals surface area contributed by atoms with Gasteiger partial charge in [-0.2, -0.15) is 4.72 Å². The van der Waals surface area contributed by atoms with Crippen molar-refractivity contribution in [1.29, 1.82) is 0 Å². The molecule has 0 saturated carbocycles. The summed E-state index contributed by atoms with van der Waals surface area (Å²) < 4.78 is 32.0. The number of rotatable bonds is 6. The average Bonchev–Trinajstić information content (AvgIpc) is 2.86. The van der Waals surface area contributed by atoms with E-state index in [0.29, 0.717) is 11.4 Å². The van der Waals surface area contributed by atoms with Crippen molar-refractivity contribution in [2.24, 2.45) is 0 Å². The summed E-state index contributed by atoms with van der Waals surface area (Å²) in [6, 6.07) is 5.46. The van der Waals surface area contributed by atoms with Crippen LogP contribution in [0.15, 0.2) is 33.7 Å². The molecule has 1 aromatic carbocycles. The van der Waals surface area contributed by atoms with Crippen molar-refractivity contribution in [3.63, 3.8) is 0 Å². The normalized spacial score (nSPS) is 12.5. The van der Waals surface area contributed by atoms with Crippen LogP contribution in [0.1, 0.15) is 25.3 Å². The van der Waals surface area contributed by atoms with E-state index >= 15 is 0 Å². The van der Waals surface area contributed by atoms with Crippen LogP contribution in [0.2, 0.25) is 0 Å². The number of carbonyl (C=O) groups is 2. The second-order valence-electron chi connectivity index (χ2n) is 5.75. The molecule has 140 valence electrons. The maximum Gasteiger partial charge on any atom is 0.246 e. The van der Waals surface area contributed by atoms with Gasteiger partial charge in [0.1, 0.15) is 10.6 Å². The topological polar surface area (TPSA) is 130 Å². The van der Waals surface area contributed by atoms with Crippen LogP contribution in [0, 0.1) is 13.8 Å². The minimum atomic E-state index is -3.96. The summed E-state index contributed by atoms with van der Waals surface area (Å²) in [5, 5.41) is 8.80. The van der Waals surface area contributed by atoms with E-state index in [1.807, 2.05) is 0 Å². The molecule has 3 N–H and O–H groups in total. The van der Waals surface area contributed by atoms with Gasteiger partial charge in [-0.15, -0.1) is 0 Å². The smallest absolute Gasteiger partial charge is 0.246 e. The zero-order valence-corrected chi connectivity index (χ0v) is 15.6. The molecule has 0 aliphatic heterocycles. The monoisotopic (exact) mass is 380 g/mol. The average molecular weight is 380 g/mol. The first kappa shape index (κ1) is 19.6. The van der Waals surface area contributed by atoms with Gasteiger partial charge in [0.25, 0.3) is 0 Å². The maximum atomic E-state index is 12.4. The Morgan fingerprint density at radius 1 is 1.15 bits per heavy atom. The van der Waals surface area contributed by atoms with Crippen LogP contribution in [0.25, 0.3) is 0 Å². The summed E-state index contributed by atoms with van der Waals surface area (Å²) in [5.74, 6) is -0.653. The van der Waals surface area contributed by atoms with Crippen molar-refractivity contribution in [2.45, 2.75) is 38.6 Å². The number of nitrogens with one attached hydrogen (secondary N) is 3. The predicted molar refractivity (Wildman–Crippen MR) is 95.1 cm³/mol. The molecule has 26 heavy (non-hydrogen) atoms. The van der Waals surface area contributed by atoms with Gasteiger partial charge in [-0.3, -0.25) is 9.59 Å². The molecule has 2 rings (SSSR count). The highest BCUT2D eigenvalue weighted by Gasteiger charge is 2.28. The molecule has 1 heterocycles. The molecule has 0 aliphatic carbocycles. The number of benzene rings is 1. The summed E-state index contributed by atoms with van der Waals surface area (Å²) in [5.41, 5.74) is 1.15. The lowest BCUT2D eigenvalue weighted by molar-refractivity contribution is -0.117. The Morgan fingerprint density at radius 3 is 2.31 bits per heavy atom. The molecule has 2 aromatic rings. The molecule has 1 aromatic heterocycles. The van der Waals surface area contributed by atoms with Crippen LogP contribution in [0.4, 0.5) is 11.4 Å². The molecule has 0 aliphatic rings. The van der Waals surface area contributed by atoms with Crippen LogP contribution in [-0.4, -0.2) is 31.4 Å². The summed E-state index contributed by atoms with van der Waals surface area (Å²) in [6.07, 6.45) is 0. The highest BCUT2D eigenvalue weighted by molar-refractivity contribution is 7.89. The number of nitrogens with zero attached hydrogens (tertiary/aromatic N) is 1. The molecule has 1 atom stereocenters. The quantitative estimate of drug-likeness (QED) is 0.697. The SMILES string of the molecule is CC(=O)Nc1cccc(NC(=O)[C@H](C)NS(=O)(=O)c2c(C)noc2C)c1. The number of aromatic nitrogens is 1. The number of hydrogen-bond donors (Lipinski definition) is 3. The molecular formula is C16H20N4O5S. The number of carbonyl (C=O) groups excluding carboxylic acids is 2. The first-order valence-corrected chi connectivity index (χ1v) is 9.22. The molecule has 0 spiro atoms. The van der Waals surface area contributed by atoms with Crippen molar-refractivity contribution in [2.75, 3.05) is 10.6 Å². The van der Waals surface area contributed by atoms with Crippen LogP contribution in [-0.2, 0) is 19.6 Å². The Kier molecular flexibility index (Phi) is 5.78. The Labute approximate surface area is 151 Å². The minimum Gasteiger partial charge on any atom is -0.360 e. The van der Waals surface area contributed by atoms with E-state index in [0.717, 1.165) is 0 Å². The molecule has 0 bridgehead atoms. The van der Waals surface area contributed by atoms with E-state index in [4.69, 9.17) is 4.52 Å². The van der Waals surface area contributed by atoms with Crippen molar-refractivity contribution < 1.29 is 22.5 Å². The van der Waals surface area contributed by atoms with E-state index in [1.54, 1.807) is 24.3 Å². The van der Waals surface area contributed by atoms with Crippen LogP contribution in [0.5, 0.6) is 0 Å². The van der Waals surface area contributed by atoms with E-state index in [9.17, 15) is 18.0 Å². The van der Waals surface area contributed by atoms with Crippen molar-refractivity contribution in [3.8, 4) is 0 Å². The minimum absolute atomic E-state index is 0.0789. The van der Waals surface area contributed by atoms with Gasteiger partial charge in [0.2, 0.25) is 21.8 Å². The number of sulfonamides is 1. The van der Waals surface area contributed by atoms with Crippen LogP contribution >= 0.6 is 0 Å². The molecular weight excluding hydrogens is 360 g/mol. The van der Waals surface area contributed by atoms with E-state index < -0.39 is 22.0 Å². The van der Waals surface area contributed by atoms with Crippen molar-refractivity contribution in [1.82, 2.24) is 9.88 Å². The van der Waals surface area contributed by atoms with Crippen molar-refractivity contribution in [3.05, 3.63) is 35.7 Å². The lowest BCUT2D eigenvalue weighted by Gasteiger charge is -2.15. The number of hydrogen-bond acceptors (Lipinski definition) is 6. The first-order chi connectivity index (χ1) is 12.1. The lowest BCUT2D eigenvalue weighted by atomic mass is 10.2. The van der Waals surface area contributed by atoms with Gasteiger partial charge in [0.15, 0.2) is 5.76 Å². The molecule has 0 fully saturated rings. The number of aryl methyl sites for hydroxylation is 2. The molecule has 0 saturated heterocycles. The zero-order chi connectivity index (χ0) is 19.5. The summed E-state index contributed by atoms with van der Waals surface area (Å²) in [6.45, 7) is 5.77.